The van der Waals surface area contributed by atoms with Crippen LogP contribution in [-0.2, 0) is 17.6 Å². The molecule has 0 radical (unpaired) electrons. The molecule has 1 heterocycles. The number of carbonyl (C=O) groups is 1. The number of carbonyl (C=O) groups excluding carboxylic acids is 1. The monoisotopic (exact) mass is 410 g/mol. The Hall–Kier alpha value is -2.91. The van der Waals surface area contributed by atoms with E-state index in [1.165, 1.54) is 29.5 Å². The van der Waals surface area contributed by atoms with Crippen LogP contribution in [0.4, 0.5) is 0 Å². The normalized spacial score (nSPS) is 19.4. The van der Waals surface area contributed by atoms with Gasteiger partial charge in [0.05, 0.1) is 6.42 Å². The predicted octanol–water partition coefficient (Wildman–Crippen LogP) is 4.81. The summed E-state index contributed by atoms with van der Waals surface area (Å²) in [6, 6.07) is 30.5. The molecule has 3 aromatic carbocycles. The molecule has 158 valence electrons. The Bertz CT molecular complexity index is 996. The zero-order valence-electron chi connectivity index (χ0n) is 18.0. The third-order valence-electron chi connectivity index (χ3n) is 6.63. The molecular weight excluding hydrogens is 380 g/mol. The summed E-state index contributed by atoms with van der Waals surface area (Å²) in [6.07, 6.45) is 4.05. The van der Waals surface area contributed by atoms with Gasteiger partial charge >= 0.3 is 0 Å². The fourth-order valence-corrected chi connectivity index (χ4v) is 4.76. The van der Waals surface area contributed by atoms with Crippen LogP contribution < -0.4 is 0 Å². The number of piperazine rings is 1. The topological polar surface area (TPSA) is 23.6 Å². The lowest BCUT2D eigenvalue weighted by atomic mass is 9.99. The maximum absolute atomic E-state index is 13.3. The van der Waals surface area contributed by atoms with Crippen molar-refractivity contribution < 1.29 is 4.79 Å². The Morgan fingerprint density at radius 1 is 0.742 bits per heavy atom. The van der Waals surface area contributed by atoms with Gasteiger partial charge in [-0.3, -0.25) is 9.69 Å². The van der Waals surface area contributed by atoms with Crippen LogP contribution in [-0.4, -0.2) is 47.4 Å². The highest BCUT2D eigenvalue weighted by Gasteiger charge is 2.37. The minimum Gasteiger partial charge on any atom is -0.337 e. The molecule has 0 spiro atoms. The Morgan fingerprint density at radius 2 is 1.39 bits per heavy atom. The first kappa shape index (κ1) is 20.0. The Balaban J connectivity index is 1.28. The van der Waals surface area contributed by atoms with E-state index >= 15 is 0 Å². The third-order valence-corrected chi connectivity index (χ3v) is 6.63. The van der Waals surface area contributed by atoms with Crippen LogP contribution >= 0.6 is 0 Å². The molecule has 1 unspecified atom stereocenters. The van der Waals surface area contributed by atoms with Crippen molar-refractivity contribution in [3.63, 3.8) is 0 Å². The molecule has 31 heavy (non-hydrogen) atoms. The van der Waals surface area contributed by atoms with Crippen LogP contribution in [0.5, 0.6) is 0 Å². The molecule has 0 bridgehead atoms. The average Bonchev–Trinajstić information content (AvgIpc) is 3.66. The summed E-state index contributed by atoms with van der Waals surface area (Å²) in [5.74, 6) is 0.254. The van der Waals surface area contributed by atoms with Crippen molar-refractivity contribution in [3.05, 3.63) is 96.1 Å². The molecule has 2 fully saturated rings. The molecule has 3 aromatic rings. The summed E-state index contributed by atoms with van der Waals surface area (Å²) in [6.45, 7) is 2.85. The Kier molecular flexibility index (Phi) is 5.86. The van der Waals surface area contributed by atoms with Crippen molar-refractivity contribution >= 4 is 5.91 Å². The molecular formula is C28H30N2O. The largest absolute Gasteiger partial charge is 0.337 e. The van der Waals surface area contributed by atoms with Gasteiger partial charge in [0, 0.05) is 31.7 Å². The van der Waals surface area contributed by atoms with Gasteiger partial charge in [-0.25, -0.2) is 0 Å². The van der Waals surface area contributed by atoms with E-state index in [2.05, 4.69) is 88.7 Å². The van der Waals surface area contributed by atoms with Gasteiger partial charge in [0.1, 0.15) is 0 Å². The third kappa shape index (κ3) is 4.88. The second-order valence-electron chi connectivity index (χ2n) is 8.90. The van der Waals surface area contributed by atoms with Crippen molar-refractivity contribution in [3.8, 4) is 11.1 Å². The summed E-state index contributed by atoms with van der Waals surface area (Å²) < 4.78 is 0. The van der Waals surface area contributed by atoms with E-state index in [-0.39, 0.29) is 11.9 Å². The zero-order chi connectivity index (χ0) is 21.0. The number of nitrogens with zero attached hydrogens (tertiary/aromatic N) is 2. The number of benzene rings is 3. The molecule has 3 heteroatoms. The first-order chi connectivity index (χ1) is 15.3. The minimum absolute atomic E-state index is 0.254. The predicted molar refractivity (Wildman–Crippen MR) is 126 cm³/mol. The molecule has 5 rings (SSSR count). The second kappa shape index (κ2) is 9.07. The lowest BCUT2D eigenvalue weighted by Crippen LogP contribution is -2.56. The van der Waals surface area contributed by atoms with Gasteiger partial charge in [-0.05, 0) is 41.5 Å². The van der Waals surface area contributed by atoms with Crippen LogP contribution in [0.25, 0.3) is 11.1 Å². The summed E-state index contributed by atoms with van der Waals surface area (Å²) in [5, 5.41) is 0. The average molecular weight is 411 g/mol. The van der Waals surface area contributed by atoms with Gasteiger partial charge in [-0.2, -0.15) is 0 Å². The standard InChI is InChI=1S/C28H30N2O/c31-28(20-23-11-13-25(14-12-23)24-9-5-2-6-10-24)30-18-17-29(26-15-16-26)21-27(30)19-22-7-3-1-4-8-22/h1-14,26-27H,15-21H2. The van der Waals surface area contributed by atoms with E-state index in [0.29, 0.717) is 6.42 Å². The fraction of sp³-hybridized carbons (Fsp3) is 0.321. The maximum Gasteiger partial charge on any atom is 0.227 e. The van der Waals surface area contributed by atoms with Gasteiger partial charge in [-0.1, -0.05) is 84.9 Å². The molecule has 1 amide bonds. The quantitative estimate of drug-likeness (QED) is 0.582. The van der Waals surface area contributed by atoms with E-state index in [4.69, 9.17) is 0 Å². The summed E-state index contributed by atoms with van der Waals surface area (Å²) in [5.41, 5.74) is 4.80. The zero-order valence-corrected chi connectivity index (χ0v) is 18.0. The highest BCUT2D eigenvalue weighted by atomic mass is 16.2. The Labute approximate surface area is 185 Å². The van der Waals surface area contributed by atoms with E-state index in [1.54, 1.807) is 0 Å². The lowest BCUT2D eigenvalue weighted by Gasteiger charge is -2.42. The van der Waals surface area contributed by atoms with E-state index in [9.17, 15) is 4.79 Å². The van der Waals surface area contributed by atoms with Crippen LogP contribution in [0, 0.1) is 0 Å². The van der Waals surface area contributed by atoms with Crippen LogP contribution in [0.1, 0.15) is 24.0 Å². The van der Waals surface area contributed by atoms with Crippen molar-refractivity contribution in [2.45, 2.75) is 37.8 Å². The first-order valence-electron chi connectivity index (χ1n) is 11.5. The molecule has 1 saturated heterocycles. The first-order valence-corrected chi connectivity index (χ1v) is 11.5. The fourth-order valence-electron chi connectivity index (χ4n) is 4.76. The number of amides is 1. The SMILES string of the molecule is O=C(Cc1ccc(-c2ccccc2)cc1)N1CCN(C2CC2)CC1Cc1ccccc1. The molecule has 0 aromatic heterocycles. The molecule has 1 atom stereocenters. The summed E-state index contributed by atoms with van der Waals surface area (Å²) in [7, 11) is 0. The molecule has 1 aliphatic carbocycles. The van der Waals surface area contributed by atoms with Gasteiger partial charge in [0.15, 0.2) is 0 Å². The van der Waals surface area contributed by atoms with E-state index < -0.39 is 0 Å². The molecule has 1 saturated carbocycles. The second-order valence-corrected chi connectivity index (χ2v) is 8.90. The number of rotatable bonds is 6. The van der Waals surface area contributed by atoms with Crippen LogP contribution in [0.3, 0.4) is 0 Å². The highest BCUT2D eigenvalue weighted by Crippen LogP contribution is 2.30. The summed E-state index contributed by atoms with van der Waals surface area (Å²) >= 11 is 0. The molecule has 3 nitrogen and oxygen atoms in total. The van der Waals surface area contributed by atoms with Crippen molar-refractivity contribution in [2.75, 3.05) is 19.6 Å². The molecule has 1 aliphatic heterocycles. The summed E-state index contributed by atoms with van der Waals surface area (Å²) in [4.78, 5) is 18.1. The maximum atomic E-state index is 13.3. The number of hydrogen-bond acceptors (Lipinski definition) is 2. The van der Waals surface area contributed by atoms with E-state index in [0.717, 1.165) is 37.7 Å². The Morgan fingerprint density at radius 3 is 2.06 bits per heavy atom. The lowest BCUT2D eigenvalue weighted by molar-refractivity contribution is -0.135. The molecule has 2 aliphatic rings. The van der Waals surface area contributed by atoms with Gasteiger partial charge in [0.25, 0.3) is 0 Å². The van der Waals surface area contributed by atoms with Gasteiger partial charge in [-0.15, -0.1) is 0 Å². The van der Waals surface area contributed by atoms with Crippen LogP contribution in [0.15, 0.2) is 84.9 Å². The minimum atomic E-state index is 0.254. The van der Waals surface area contributed by atoms with Gasteiger partial charge in [0.2, 0.25) is 5.91 Å². The number of hydrogen-bond donors (Lipinski definition) is 0. The van der Waals surface area contributed by atoms with Gasteiger partial charge < -0.3 is 4.90 Å². The van der Waals surface area contributed by atoms with Crippen LogP contribution in [0.2, 0.25) is 0 Å². The highest BCUT2D eigenvalue weighted by molar-refractivity contribution is 5.79. The van der Waals surface area contributed by atoms with Crippen molar-refractivity contribution in [1.82, 2.24) is 9.80 Å². The molecule has 0 N–H and O–H groups in total. The van der Waals surface area contributed by atoms with Crippen molar-refractivity contribution in [1.29, 1.82) is 0 Å². The smallest absolute Gasteiger partial charge is 0.227 e. The van der Waals surface area contributed by atoms with Crippen molar-refractivity contribution in [2.24, 2.45) is 0 Å². The van der Waals surface area contributed by atoms with E-state index in [1.807, 2.05) is 6.07 Å².